The first-order valence-electron chi connectivity index (χ1n) is 6.55. The van der Waals surface area contributed by atoms with Gasteiger partial charge in [-0.05, 0) is 50.0 Å². The molecule has 2 amide bonds. The molecule has 1 aliphatic heterocycles. The summed E-state index contributed by atoms with van der Waals surface area (Å²) in [7, 11) is 0. The van der Waals surface area contributed by atoms with Crippen LogP contribution in [0.4, 0.5) is 5.69 Å². The molecule has 2 rings (SSSR count). The summed E-state index contributed by atoms with van der Waals surface area (Å²) >= 11 is 0. The fourth-order valence-electron chi connectivity index (χ4n) is 2.31. The molecule has 4 N–H and O–H groups in total. The number of hydrogen-bond acceptors (Lipinski definition) is 3. The van der Waals surface area contributed by atoms with Gasteiger partial charge in [0.1, 0.15) is 0 Å². The summed E-state index contributed by atoms with van der Waals surface area (Å²) in [6, 6.07) is 6.69. The van der Waals surface area contributed by atoms with E-state index in [2.05, 4.69) is 10.6 Å². The highest BCUT2D eigenvalue weighted by molar-refractivity contribution is 5.96. The molecule has 20 heavy (non-hydrogen) atoms. The Morgan fingerprint density at radius 3 is 2.65 bits per heavy atom. The van der Waals surface area contributed by atoms with E-state index in [0.717, 1.165) is 25.9 Å². The quantitative estimate of drug-likeness (QED) is 0.788. The maximum Gasteiger partial charge on any atom is 0.248 e. The van der Waals surface area contributed by atoms with Gasteiger partial charge in [0, 0.05) is 17.7 Å². The maximum absolute atomic E-state index is 11.9. The first kappa shape index (κ1) is 16.5. The molecule has 1 aliphatic rings. The first-order chi connectivity index (χ1) is 9.15. The molecule has 0 aromatic heterocycles. The average Bonchev–Trinajstić information content (AvgIpc) is 2.40. The molecule has 0 atom stereocenters. The molecule has 1 saturated heterocycles. The topological polar surface area (TPSA) is 84.2 Å². The number of benzene rings is 1. The monoisotopic (exact) mass is 297 g/mol. The zero-order chi connectivity index (χ0) is 13.7. The van der Waals surface area contributed by atoms with Crippen molar-refractivity contribution in [1.82, 2.24) is 5.32 Å². The maximum atomic E-state index is 11.9. The van der Waals surface area contributed by atoms with Crippen LogP contribution in [0.5, 0.6) is 0 Å². The van der Waals surface area contributed by atoms with E-state index in [4.69, 9.17) is 5.73 Å². The number of halogens is 1. The predicted octanol–water partition coefficient (Wildman–Crippen LogP) is 1.54. The van der Waals surface area contributed by atoms with E-state index >= 15 is 0 Å². The summed E-state index contributed by atoms with van der Waals surface area (Å²) in [5.41, 5.74) is 6.23. The van der Waals surface area contributed by atoms with Crippen LogP contribution in [0, 0.1) is 5.92 Å². The molecular weight excluding hydrogens is 278 g/mol. The van der Waals surface area contributed by atoms with Crippen molar-refractivity contribution in [3.63, 3.8) is 0 Å². The van der Waals surface area contributed by atoms with Crippen LogP contribution in [0.15, 0.2) is 24.3 Å². The van der Waals surface area contributed by atoms with Gasteiger partial charge in [0.2, 0.25) is 11.8 Å². The minimum atomic E-state index is -0.491. The van der Waals surface area contributed by atoms with Gasteiger partial charge in [-0.15, -0.1) is 12.4 Å². The average molecular weight is 298 g/mol. The minimum absolute atomic E-state index is 0. The molecular formula is C14H20ClN3O2. The van der Waals surface area contributed by atoms with Crippen molar-refractivity contribution >= 4 is 29.9 Å². The lowest BCUT2D eigenvalue weighted by atomic mass is 9.94. The van der Waals surface area contributed by atoms with Crippen molar-refractivity contribution in [3.05, 3.63) is 29.8 Å². The Kier molecular flexibility index (Phi) is 6.48. The third-order valence-corrected chi connectivity index (χ3v) is 3.36. The second-order valence-electron chi connectivity index (χ2n) is 4.89. The SMILES string of the molecule is Cl.NC(=O)c1cccc(NC(=O)CC2CCNCC2)c1. The Hall–Kier alpha value is -1.59. The zero-order valence-electron chi connectivity index (χ0n) is 11.2. The van der Waals surface area contributed by atoms with Gasteiger partial charge in [-0.3, -0.25) is 9.59 Å². The van der Waals surface area contributed by atoms with Crippen molar-refractivity contribution < 1.29 is 9.59 Å². The van der Waals surface area contributed by atoms with Crippen LogP contribution in [0.1, 0.15) is 29.6 Å². The van der Waals surface area contributed by atoms with Gasteiger partial charge in [-0.25, -0.2) is 0 Å². The Balaban J connectivity index is 0.00000200. The van der Waals surface area contributed by atoms with E-state index in [1.807, 2.05) is 0 Å². The van der Waals surface area contributed by atoms with Crippen molar-refractivity contribution in [2.24, 2.45) is 11.7 Å². The van der Waals surface area contributed by atoms with Crippen LogP contribution in [0.2, 0.25) is 0 Å². The van der Waals surface area contributed by atoms with Crippen LogP contribution in [0.25, 0.3) is 0 Å². The molecule has 0 radical (unpaired) electrons. The predicted molar refractivity (Wildman–Crippen MR) is 81.0 cm³/mol. The van der Waals surface area contributed by atoms with Crippen LogP contribution in [-0.2, 0) is 4.79 Å². The minimum Gasteiger partial charge on any atom is -0.366 e. The van der Waals surface area contributed by atoms with E-state index in [9.17, 15) is 9.59 Å². The Morgan fingerprint density at radius 1 is 1.30 bits per heavy atom. The molecule has 0 bridgehead atoms. The fraction of sp³-hybridized carbons (Fsp3) is 0.429. The number of carbonyl (C=O) groups is 2. The second-order valence-corrected chi connectivity index (χ2v) is 4.89. The molecule has 0 saturated carbocycles. The summed E-state index contributed by atoms with van der Waals surface area (Å²) < 4.78 is 0. The fourth-order valence-corrected chi connectivity index (χ4v) is 2.31. The van der Waals surface area contributed by atoms with E-state index in [1.165, 1.54) is 0 Å². The number of piperidine rings is 1. The van der Waals surface area contributed by atoms with Crippen LogP contribution < -0.4 is 16.4 Å². The van der Waals surface area contributed by atoms with E-state index in [-0.39, 0.29) is 18.3 Å². The van der Waals surface area contributed by atoms with Gasteiger partial charge >= 0.3 is 0 Å². The van der Waals surface area contributed by atoms with Gasteiger partial charge in [-0.1, -0.05) is 6.07 Å². The molecule has 5 nitrogen and oxygen atoms in total. The molecule has 0 spiro atoms. The number of anilines is 1. The normalized spacial score (nSPS) is 15.2. The molecule has 0 unspecified atom stereocenters. The summed E-state index contributed by atoms with van der Waals surface area (Å²) in [5.74, 6) is -0.0523. The van der Waals surface area contributed by atoms with Crippen LogP contribution in [0.3, 0.4) is 0 Å². The van der Waals surface area contributed by atoms with E-state index in [1.54, 1.807) is 24.3 Å². The largest absolute Gasteiger partial charge is 0.366 e. The van der Waals surface area contributed by atoms with Crippen molar-refractivity contribution in [2.75, 3.05) is 18.4 Å². The molecule has 1 aromatic rings. The Morgan fingerprint density at radius 2 is 2.00 bits per heavy atom. The van der Waals surface area contributed by atoms with Crippen molar-refractivity contribution in [3.8, 4) is 0 Å². The lowest BCUT2D eigenvalue weighted by molar-refractivity contribution is -0.117. The number of nitrogens with two attached hydrogens (primary N) is 1. The van der Waals surface area contributed by atoms with Crippen molar-refractivity contribution in [2.45, 2.75) is 19.3 Å². The third kappa shape index (κ3) is 4.83. The van der Waals surface area contributed by atoms with E-state index in [0.29, 0.717) is 23.6 Å². The molecule has 1 fully saturated rings. The highest BCUT2D eigenvalue weighted by atomic mass is 35.5. The lowest BCUT2D eigenvalue weighted by Gasteiger charge is -2.21. The highest BCUT2D eigenvalue weighted by Crippen LogP contribution is 2.17. The molecule has 1 aromatic carbocycles. The van der Waals surface area contributed by atoms with Gasteiger partial charge in [0.05, 0.1) is 0 Å². The van der Waals surface area contributed by atoms with Crippen molar-refractivity contribution in [1.29, 1.82) is 0 Å². The lowest BCUT2D eigenvalue weighted by Crippen LogP contribution is -2.30. The van der Waals surface area contributed by atoms with Gasteiger partial charge < -0.3 is 16.4 Å². The molecule has 1 heterocycles. The summed E-state index contributed by atoms with van der Waals surface area (Å²) in [6.45, 7) is 1.96. The summed E-state index contributed by atoms with van der Waals surface area (Å²) in [4.78, 5) is 23.0. The molecule has 110 valence electrons. The Labute approximate surface area is 124 Å². The number of amides is 2. The molecule has 6 heteroatoms. The molecule has 0 aliphatic carbocycles. The number of carbonyl (C=O) groups excluding carboxylic acids is 2. The summed E-state index contributed by atoms with van der Waals surface area (Å²) in [6.07, 6.45) is 2.60. The van der Waals surface area contributed by atoms with Gasteiger partial charge in [0.15, 0.2) is 0 Å². The van der Waals surface area contributed by atoms with Crippen LogP contribution >= 0.6 is 12.4 Å². The number of hydrogen-bond donors (Lipinski definition) is 3. The smallest absolute Gasteiger partial charge is 0.248 e. The third-order valence-electron chi connectivity index (χ3n) is 3.36. The number of nitrogens with one attached hydrogen (secondary N) is 2. The van der Waals surface area contributed by atoms with E-state index < -0.39 is 5.91 Å². The first-order valence-corrected chi connectivity index (χ1v) is 6.55. The highest BCUT2D eigenvalue weighted by Gasteiger charge is 2.16. The standard InChI is InChI=1S/C14H19N3O2.ClH/c15-14(19)11-2-1-3-12(9-11)17-13(18)8-10-4-6-16-7-5-10;/h1-3,9-10,16H,4-8H2,(H2,15,19)(H,17,18);1H. The summed E-state index contributed by atoms with van der Waals surface area (Å²) in [5, 5.41) is 6.09. The van der Waals surface area contributed by atoms with Crippen LogP contribution in [-0.4, -0.2) is 24.9 Å². The van der Waals surface area contributed by atoms with Gasteiger partial charge in [-0.2, -0.15) is 0 Å². The second kappa shape index (κ2) is 7.87. The zero-order valence-corrected chi connectivity index (χ0v) is 12.0. The van der Waals surface area contributed by atoms with Gasteiger partial charge in [0.25, 0.3) is 0 Å². The number of primary amides is 1. The Bertz CT molecular complexity index is 473. The number of rotatable bonds is 4.